The van der Waals surface area contributed by atoms with Crippen molar-refractivity contribution in [2.75, 3.05) is 17.3 Å². The van der Waals surface area contributed by atoms with E-state index >= 15 is 0 Å². The fourth-order valence-electron chi connectivity index (χ4n) is 3.03. The van der Waals surface area contributed by atoms with Crippen molar-refractivity contribution in [3.63, 3.8) is 0 Å². The molecule has 1 aromatic rings. The van der Waals surface area contributed by atoms with Gasteiger partial charge in [-0.3, -0.25) is 4.21 Å². The van der Waals surface area contributed by atoms with Crippen LogP contribution in [0.15, 0.2) is 23.1 Å². The summed E-state index contributed by atoms with van der Waals surface area (Å²) < 4.78 is 49.0. The molecule has 0 amide bonds. The molecule has 1 unspecified atom stereocenters. The first kappa shape index (κ1) is 15.1. The summed E-state index contributed by atoms with van der Waals surface area (Å²) in [5, 5.41) is 3.43. The molecular formula is C14H18FNO3S2. The van der Waals surface area contributed by atoms with Crippen LogP contribution in [0.1, 0.15) is 30.9 Å². The SMILES string of the molecule is O=S1CCC(NC2CCS(=O)(=O)c3ccc(F)cc32)CC1. The molecule has 1 saturated heterocycles. The summed E-state index contributed by atoms with van der Waals surface area (Å²) in [6, 6.07) is 3.97. The smallest absolute Gasteiger partial charge is 0.178 e. The maximum absolute atomic E-state index is 13.5. The van der Waals surface area contributed by atoms with Crippen LogP contribution in [0.2, 0.25) is 0 Å². The van der Waals surface area contributed by atoms with Gasteiger partial charge in [-0.2, -0.15) is 0 Å². The van der Waals surface area contributed by atoms with E-state index in [0.717, 1.165) is 12.8 Å². The van der Waals surface area contributed by atoms with Crippen molar-refractivity contribution >= 4 is 20.6 Å². The average Bonchev–Trinajstić information content (AvgIpc) is 2.44. The molecule has 2 heterocycles. The first-order chi connectivity index (χ1) is 9.95. The molecule has 2 aliphatic heterocycles. The lowest BCUT2D eigenvalue weighted by Gasteiger charge is -2.32. The fraction of sp³-hybridized carbons (Fsp3) is 0.571. The zero-order valence-corrected chi connectivity index (χ0v) is 13.2. The lowest BCUT2D eigenvalue weighted by molar-refractivity contribution is 0.393. The molecule has 21 heavy (non-hydrogen) atoms. The van der Waals surface area contributed by atoms with Crippen molar-refractivity contribution in [2.45, 2.75) is 36.2 Å². The Labute approximate surface area is 126 Å². The number of hydrogen-bond donors (Lipinski definition) is 1. The van der Waals surface area contributed by atoms with Crippen LogP contribution >= 0.6 is 0 Å². The van der Waals surface area contributed by atoms with E-state index in [9.17, 15) is 17.0 Å². The number of halogens is 1. The first-order valence-electron chi connectivity index (χ1n) is 7.09. The van der Waals surface area contributed by atoms with E-state index in [4.69, 9.17) is 0 Å². The van der Waals surface area contributed by atoms with Gasteiger partial charge >= 0.3 is 0 Å². The van der Waals surface area contributed by atoms with Gasteiger partial charge in [0.25, 0.3) is 0 Å². The van der Waals surface area contributed by atoms with Gasteiger partial charge in [0.1, 0.15) is 5.82 Å². The minimum absolute atomic E-state index is 0.0853. The highest BCUT2D eigenvalue weighted by Crippen LogP contribution is 2.33. The summed E-state index contributed by atoms with van der Waals surface area (Å²) in [7, 11) is -4.02. The molecule has 3 rings (SSSR count). The Bertz CT molecular complexity index is 665. The van der Waals surface area contributed by atoms with Gasteiger partial charge in [0.05, 0.1) is 10.6 Å². The Morgan fingerprint density at radius 2 is 1.90 bits per heavy atom. The minimum atomic E-state index is -3.30. The van der Waals surface area contributed by atoms with E-state index in [0.29, 0.717) is 23.5 Å². The van der Waals surface area contributed by atoms with Gasteiger partial charge in [0, 0.05) is 34.4 Å². The molecule has 1 aromatic carbocycles. The summed E-state index contributed by atoms with van der Waals surface area (Å²) in [5.41, 5.74) is 0.535. The third-order valence-electron chi connectivity index (χ3n) is 4.18. The van der Waals surface area contributed by atoms with E-state index in [2.05, 4.69) is 5.32 Å². The third kappa shape index (κ3) is 3.19. The molecule has 2 aliphatic rings. The zero-order valence-electron chi connectivity index (χ0n) is 11.5. The van der Waals surface area contributed by atoms with E-state index in [1.165, 1.54) is 18.2 Å². The number of fused-ring (bicyclic) bond motifs is 1. The van der Waals surface area contributed by atoms with E-state index < -0.39 is 26.5 Å². The van der Waals surface area contributed by atoms with Crippen LogP contribution < -0.4 is 5.32 Å². The van der Waals surface area contributed by atoms with Gasteiger partial charge in [-0.25, -0.2) is 12.8 Å². The lowest BCUT2D eigenvalue weighted by atomic mass is 10.0. The third-order valence-corrected chi connectivity index (χ3v) is 7.38. The molecule has 0 radical (unpaired) electrons. The van der Waals surface area contributed by atoms with Crippen LogP contribution in [0.25, 0.3) is 0 Å². The van der Waals surface area contributed by atoms with Crippen molar-refractivity contribution in [3.05, 3.63) is 29.6 Å². The molecule has 0 spiro atoms. The molecular weight excluding hydrogens is 313 g/mol. The maximum Gasteiger partial charge on any atom is 0.178 e. The van der Waals surface area contributed by atoms with Crippen molar-refractivity contribution in [3.8, 4) is 0 Å². The highest BCUT2D eigenvalue weighted by Gasteiger charge is 2.32. The second kappa shape index (κ2) is 5.78. The molecule has 4 nitrogen and oxygen atoms in total. The molecule has 7 heteroatoms. The number of rotatable bonds is 2. The van der Waals surface area contributed by atoms with E-state index in [-0.39, 0.29) is 22.7 Å². The normalized spacial score (nSPS) is 31.6. The zero-order chi connectivity index (χ0) is 15.0. The topological polar surface area (TPSA) is 63.2 Å². The molecule has 1 N–H and O–H groups in total. The summed E-state index contributed by atoms with van der Waals surface area (Å²) in [4.78, 5) is 0.243. The van der Waals surface area contributed by atoms with E-state index in [1.54, 1.807) is 0 Å². The van der Waals surface area contributed by atoms with E-state index in [1.807, 2.05) is 0 Å². The van der Waals surface area contributed by atoms with Crippen LogP contribution in [-0.4, -0.2) is 35.9 Å². The Hall–Kier alpha value is -0.790. The Morgan fingerprint density at radius 3 is 2.62 bits per heavy atom. The number of benzene rings is 1. The largest absolute Gasteiger partial charge is 0.307 e. The molecule has 0 saturated carbocycles. The van der Waals surface area contributed by atoms with Crippen LogP contribution in [0.4, 0.5) is 4.39 Å². The highest BCUT2D eigenvalue weighted by molar-refractivity contribution is 7.91. The van der Waals surface area contributed by atoms with Crippen LogP contribution in [0.5, 0.6) is 0 Å². The van der Waals surface area contributed by atoms with Gasteiger partial charge in [0.15, 0.2) is 9.84 Å². The number of nitrogens with one attached hydrogen (secondary N) is 1. The van der Waals surface area contributed by atoms with Crippen molar-refractivity contribution in [2.24, 2.45) is 0 Å². The van der Waals surface area contributed by atoms with Crippen LogP contribution in [0.3, 0.4) is 0 Å². The molecule has 1 atom stereocenters. The molecule has 0 aliphatic carbocycles. The lowest BCUT2D eigenvalue weighted by Crippen LogP contribution is -2.40. The average molecular weight is 331 g/mol. The van der Waals surface area contributed by atoms with Gasteiger partial charge in [-0.15, -0.1) is 0 Å². The highest BCUT2D eigenvalue weighted by atomic mass is 32.2. The molecule has 1 fully saturated rings. The number of hydrogen-bond acceptors (Lipinski definition) is 4. The quantitative estimate of drug-likeness (QED) is 0.835. The predicted molar refractivity (Wildman–Crippen MR) is 79.8 cm³/mol. The summed E-state index contributed by atoms with van der Waals surface area (Å²) in [5.74, 6) is 1.03. The first-order valence-corrected chi connectivity index (χ1v) is 10.2. The Kier molecular flexibility index (Phi) is 4.16. The summed E-state index contributed by atoms with van der Waals surface area (Å²) >= 11 is 0. The molecule has 0 bridgehead atoms. The summed E-state index contributed by atoms with van der Waals surface area (Å²) in [6.45, 7) is 0. The van der Waals surface area contributed by atoms with Gasteiger partial charge in [-0.05, 0) is 43.0 Å². The van der Waals surface area contributed by atoms with Crippen molar-refractivity contribution in [1.29, 1.82) is 0 Å². The Morgan fingerprint density at radius 1 is 1.19 bits per heavy atom. The second-order valence-electron chi connectivity index (χ2n) is 5.63. The van der Waals surface area contributed by atoms with Crippen molar-refractivity contribution < 1.29 is 17.0 Å². The second-order valence-corrected chi connectivity index (χ2v) is 9.41. The van der Waals surface area contributed by atoms with Crippen molar-refractivity contribution in [1.82, 2.24) is 5.32 Å². The molecule has 116 valence electrons. The van der Waals surface area contributed by atoms with Gasteiger partial charge in [-0.1, -0.05) is 0 Å². The molecule has 0 aromatic heterocycles. The maximum atomic E-state index is 13.5. The Balaban J connectivity index is 1.84. The monoisotopic (exact) mass is 331 g/mol. The van der Waals surface area contributed by atoms with Gasteiger partial charge in [0.2, 0.25) is 0 Å². The van der Waals surface area contributed by atoms with Crippen LogP contribution in [-0.2, 0) is 20.6 Å². The number of sulfone groups is 1. The van der Waals surface area contributed by atoms with Crippen LogP contribution in [0, 0.1) is 5.82 Å². The minimum Gasteiger partial charge on any atom is -0.307 e. The predicted octanol–water partition coefficient (Wildman–Crippen LogP) is 1.54. The fourth-order valence-corrected chi connectivity index (χ4v) is 5.93. The standard InChI is InChI=1S/C14H18FNO3S2/c15-10-1-2-14-12(9-10)13(5-8-21(14,18)19)16-11-3-6-20(17)7-4-11/h1-2,9,11,13,16H,3-8H2. The summed E-state index contributed by atoms with van der Waals surface area (Å²) in [6.07, 6.45) is 2.10. The van der Waals surface area contributed by atoms with Gasteiger partial charge < -0.3 is 5.32 Å².